The number of hydrogen-bond donors (Lipinski definition) is 1. The maximum atomic E-state index is 11.7. The van der Waals surface area contributed by atoms with Crippen LogP contribution in [0.15, 0.2) is 16.7 Å². The van der Waals surface area contributed by atoms with E-state index < -0.39 is 0 Å². The Morgan fingerprint density at radius 3 is 2.37 bits per heavy atom. The highest BCUT2D eigenvalue weighted by Crippen LogP contribution is 2.40. The smallest absolute Gasteiger partial charge is 0.226 e. The molecule has 0 fully saturated rings. The van der Waals surface area contributed by atoms with E-state index in [0.29, 0.717) is 66.3 Å². The molecule has 2 rings (SSSR count). The molecule has 1 N–H and O–H groups in total. The van der Waals surface area contributed by atoms with E-state index in [-0.39, 0.29) is 5.91 Å². The van der Waals surface area contributed by atoms with Crippen molar-refractivity contribution in [2.24, 2.45) is 5.92 Å². The van der Waals surface area contributed by atoms with Crippen LogP contribution in [0.1, 0.15) is 32.6 Å². The largest absolute Gasteiger partial charge is 0.493 e. The van der Waals surface area contributed by atoms with Crippen LogP contribution in [0.25, 0.3) is 11.4 Å². The van der Waals surface area contributed by atoms with E-state index in [2.05, 4.69) is 29.3 Å². The highest BCUT2D eigenvalue weighted by atomic mass is 16.5. The molecule has 1 aromatic heterocycles. The van der Waals surface area contributed by atoms with E-state index >= 15 is 0 Å². The highest BCUT2D eigenvalue weighted by Gasteiger charge is 2.17. The third-order valence-electron chi connectivity index (χ3n) is 3.89. The number of methoxy groups -OCH3 is 3. The number of nitrogens with zero attached hydrogens (tertiary/aromatic N) is 2. The van der Waals surface area contributed by atoms with Crippen LogP contribution in [0.5, 0.6) is 17.2 Å². The molecule has 27 heavy (non-hydrogen) atoms. The molecule has 1 amide bonds. The number of rotatable bonds is 10. The second-order valence-electron chi connectivity index (χ2n) is 6.48. The van der Waals surface area contributed by atoms with Gasteiger partial charge in [-0.15, -0.1) is 0 Å². The SMILES string of the molecule is COc1cc(-c2noc(CCCC(=O)NCC(C)C)n2)cc(OC)c1OC. The summed E-state index contributed by atoms with van der Waals surface area (Å²) >= 11 is 0. The fraction of sp³-hybridized carbons (Fsp3) is 0.526. The summed E-state index contributed by atoms with van der Waals surface area (Å²) in [5.74, 6) is 2.91. The first-order valence-corrected chi connectivity index (χ1v) is 8.88. The lowest BCUT2D eigenvalue weighted by atomic mass is 10.1. The molecular formula is C19H27N3O5. The molecular weight excluding hydrogens is 350 g/mol. The van der Waals surface area contributed by atoms with Crippen LogP contribution in [0.3, 0.4) is 0 Å². The fourth-order valence-electron chi connectivity index (χ4n) is 2.49. The van der Waals surface area contributed by atoms with Crippen LogP contribution < -0.4 is 19.5 Å². The summed E-state index contributed by atoms with van der Waals surface area (Å²) in [6, 6.07) is 3.52. The molecule has 148 valence electrons. The first-order chi connectivity index (χ1) is 13.0. The molecule has 1 aromatic carbocycles. The molecule has 0 saturated carbocycles. The van der Waals surface area contributed by atoms with Crippen molar-refractivity contribution in [3.8, 4) is 28.6 Å². The van der Waals surface area contributed by atoms with Crippen LogP contribution in [-0.2, 0) is 11.2 Å². The Morgan fingerprint density at radius 1 is 1.15 bits per heavy atom. The number of carbonyl (C=O) groups excluding carboxylic acids is 1. The van der Waals surface area contributed by atoms with Crippen LogP contribution in [0, 0.1) is 5.92 Å². The number of benzene rings is 1. The normalized spacial score (nSPS) is 10.7. The van der Waals surface area contributed by atoms with Gasteiger partial charge in [0.1, 0.15) is 0 Å². The van der Waals surface area contributed by atoms with Gasteiger partial charge in [-0.2, -0.15) is 4.98 Å². The topological polar surface area (TPSA) is 95.7 Å². The minimum atomic E-state index is 0.0352. The lowest BCUT2D eigenvalue weighted by molar-refractivity contribution is -0.121. The van der Waals surface area contributed by atoms with E-state index in [1.165, 1.54) is 0 Å². The molecule has 2 aromatic rings. The third kappa shape index (κ3) is 5.60. The van der Waals surface area contributed by atoms with E-state index in [4.69, 9.17) is 18.7 Å². The van der Waals surface area contributed by atoms with Crippen molar-refractivity contribution >= 4 is 5.91 Å². The average Bonchev–Trinajstić information content (AvgIpc) is 3.14. The molecule has 0 spiro atoms. The summed E-state index contributed by atoms with van der Waals surface area (Å²) in [5, 5.41) is 6.90. The number of ether oxygens (including phenoxy) is 3. The number of nitrogens with one attached hydrogen (secondary N) is 1. The molecule has 0 aliphatic heterocycles. The van der Waals surface area contributed by atoms with Crippen molar-refractivity contribution < 1.29 is 23.5 Å². The lowest BCUT2D eigenvalue weighted by Crippen LogP contribution is -2.27. The Hall–Kier alpha value is -2.77. The number of aryl methyl sites for hydroxylation is 1. The zero-order valence-corrected chi connectivity index (χ0v) is 16.5. The van der Waals surface area contributed by atoms with Gasteiger partial charge in [0.2, 0.25) is 23.4 Å². The van der Waals surface area contributed by atoms with Gasteiger partial charge in [0.05, 0.1) is 21.3 Å². The predicted octanol–water partition coefficient (Wildman–Crippen LogP) is 2.86. The highest BCUT2D eigenvalue weighted by molar-refractivity contribution is 5.75. The van der Waals surface area contributed by atoms with Gasteiger partial charge < -0.3 is 24.1 Å². The number of carbonyl (C=O) groups is 1. The maximum Gasteiger partial charge on any atom is 0.226 e. The quantitative estimate of drug-likeness (QED) is 0.680. The van der Waals surface area contributed by atoms with E-state index in [9.17, 15) is 4.79 Å². The molecule has 0 unspecified atom stereocenters. The molecule has 0 aliphatic rings. The van der Waals surface area contributed by atoms with Crippen molar-refractivity contribution in [2.45, 2.75) is 33.1 Å². The van der Waals surface area contributed by atoms with Crippen LogP contribution in [-0.4, -0.2) is 43.9 Å². The number of aromatic nitrogens is 2. The monoisotopic (exact) mass is 377 g/mol. The van der Waals surface area contributed by atoms with Gasteiger partial charge in [-0.25, -0.2) is 0 Å². The Labute approximate surface area is 159 Å². The van der Waals surface area contributed by atoms with Crippen molar-refractivity contribution in [3.05, 3.63) is 18.0 Å². The summed E-state index contributed by atoms with van der Waals surface area (Å²) in [7, 11) is 4.64. The third-order valence-corrected chi connectivity index (χ3v) is 3.89. The van der Waals surface area contributed by atoms with Crippen LogP contribution in [0.4, 0.5) is 0 Å². The predicted molar refractivity (Wildman–Crippen MR) is 100 cm³/mol. The van der Waals surface area contributed by atoms with Gasteiger partial charge in [-0.05, 0) is 24.5 Å². The molecule has 0 saturated heterocycles. The Kier molecular flexibility index (Phi) is 7.45. The molecule has 1 heterocycles. The number of amides is 1. The van der Waals surface area contributed by atoms with Gasteiger partial charge >= 0.3 is 0 Å². The molecule has 8 nitrogen and oxygen atoms in total. The Bertz CT molecular complexity index is 733. The minimum Gasteiger partial charge on any atom is -0.493 e. The summed E-state index contributed by atoms with van der Waals surface area (Å²) in [4.78, 5) is 16.1. The van der Waals surface area contributed by atoms with Crippen LogP contribution >= 0.6 is 0 Å². The molecule has 0 bridgehead atoms. The van der Waals surface area contributed by atoms with Crippen molar-refractivity contribution in [2.75, 3.05) is 27.9 Å². The van der Waals surface area contributed by atoms with Gasteiger partial charge in [0, 0.05) is 24.9 Å². The van der Waals surface area contributed by atoms with Gasteiger partial charge in [-0.1, -0.05) is 19.0 Å². The zero-order chi connectivity index (χ0) is 19.8. The van der Waals surface area contributed by atoms with Crippen LogP contribution in [0.2, 0.25) is 0 Å². The second-order valence-corrected chi connectivity index (χ2v) is 6.48. The second kappa shape index (κ2) is 9.80. The van der Waals surface area contributed by atoms with Gasteiger partial charge in [0.15, 0.2) is 11.5 Å². The van der Waals surface area contributed by atoms with E-state index in [1.807, 2.05) is 0 Å². The first kappa shape index (κ1) is 20.5. The maximum absolute atomic E-state index is 11.7. The average molecular weight is 377 g/mol. The Morgan fingerprint density at radius 2 is 1.81 bits per heavy atom. The molecule has 0 radical (unpaired) electrons. The summed E-state index contributed by atoms with van der Waals surface area (Å²) in [6.45, 7) is 4.80. The summed E-state index contributed by atoms with van der Waals surface area (Å²) in [6.07, 6.45) is 1.60. The van der Waals surface area contributed by atoms with E-state index in [1.54, 1.807) is 33.5 Å². The zero-order valence-electron chi connectivity index (χ0n) is 16.5. The summed E-state index contributed by atoms with van der Waals surface area (Å²) in [5.41, 5.74) is 0.689. The Balaban J connectivity index is 2.02. The standard InChI is InChI=1S/C19H27N3O5/c1-12(2)11-20-16(23)7-6-8-17-21-19(22-27-17)13-9-14(24-3)18(26-5)15(10-13)25-4/h9-10,12H,6-8,11H2,1-5H3,(H,20,23). The lowest BCUT2D eigenvalue weighted by Gasteiger charge is -2.12. The molecule has 0 aliphatic carbocycles. The van der Waals surface area contributed by atoms with E-state index in [0.717, 1.165) is 0 Å². The van der Waals surface area contributed by atoms with Gasteiger partial charge in [-0.3, -0.25) is 4.79 Å². The number of hydrogen-bond acceptors (Lipinski definition) is 7. The fourth-order valence-corrected chi connectivity index (χ4v) is 2.49. The minimum absolute atomic E-state index is 0.0352. The summed E-state index contributed by atoms with van der Waals surface area (Å²) < 4.78 is 21.3. The van der Waals surface area contributed by atoms with Crippen molar-refractivity contribution in [1.82, 2.24) is 15.5 Å². The molecule has 8 heteroatoms. The van der Waals surface area contributed by atoms with Crippen molar-refractivity contribution in [3.63, 3.8) is 0 Å². The van der Waals surface area contributed by atoms with Crippen molar-refractivity contribution in [1.29, 1.82) is 0 Å². The first-order valence-electron chi connectivity index (χ1n) is 8.88. The van der Waals surface area contributed by atoms with Gasteiger partial charge in [0.25, 0.3) is 0 Å². The molecule has 0 atom stereocenters.